The maximum atomic E-state index is 14.8. The van der Waals surface area contributed by atoms with Crippen molar-refractivity contribution in [2.75, 3.05) is 10.8 Å². The number of benzene rings is 4. The minimum absolute atomic E-state index is 0.00481. The zero-order chi connectivity index (χ0) is 35.0. The maximum absolute atomic E-state index is 14.8. The third-order valence-electron chi connectivity index (χ3n) is 9.07. The summed E-state index contributed by atoms with van der Waals surface area (Å²) in [4.78, 5) is 30.6. The largest absolute Gasteiger partial charge is 0.352 e. The van der Waals surface area contributed by atoms with Crippen LogP contribution < -0.4 is 9.62 Å². The monoisotopic (exact) mass is 719 g/mol. The molecular weight excluding hydrogens is 677 g/mol. The number of hydrogen-bond acceptors (Lipinski definition) is 4. The average Bonchev–Trinajstić information content (AvgIpc) is 3.11. The lowest BCUT2D eigenvalue weighted by molar-refractivity contribution is -0.140. The molecule has 0 saturated heterocycles. The van der Waals surface area contributed by atoms with Crippen LogP contribution in [-0.2, 0) is 32.6 Å². The Morgan fingerprint density at radius 1 is 0.796 bits per heavy atom. The number of amides is 2. The molecule has 0 bridgehead atoms. The average molecular weight is 721 g/mol. The number of carbonyl (C=O) groups excluding carboxylic acids is 2. The van der Waals surface area contributed by atoms with Gasteiger partial charge in [-0.15, -0.1) is 0 Å². The van der Waals surface area contributed by atoms with Crippen LogP contribution in [0, 0.1) is 0 Å². The smallest absolute Gasteiger partial charge is 0.264 e. The number of nitrogens with one attached hydrogen (secondary N) is 1. The van der Waals surface area contributed by atoms with Crippen molar-refractivity contribution in [3.05, 3.63) is 130 Å². The fourth-order valence-electron chi connectivity index (χ4n) is 6.23. The highest BCUT2D eigenvalue weighted by atomic mass is 35.5. The van der Waals surface area contributed by atoms with Crippen LogP contribution in [0.3, 0.4) is 0 Å². The van der Waals surface area contributed by atoms with Crippen molar-refractivity contribution in [2.45, 2.75) is 81.8 Å². The van der Waals surface area contributed by atoms with E-state index in [-0.39, 0.29) is 35.7 Å². The molecule has 10 heteroatoms. The Morgan fingerprint density at radius 2 is 1.39 bits per heavy atom. The second-order valence-corrected chi connectivity index (χ2v) is 15.5. The van der Waals surface area contributed by atoms with E-state index >= 15 is 0 Å². The first-order valence-electron chi connectivity index (χ1n) is 16.8. The zero-order valence-corrected chi connectivity index (χ0v) is 30.2. The van der Waals surface area contributed by atoms with Crippen molar-refractivity contribution in [1.29, 1.82) is 0 Å². The standard InChI is InChI=1S/C39H43Cl2N3O4S/c1-28(2)30-21-23-32(24-22-30)44(49(47,48)33-17-10-5-11-18-33)27-38(45)43(26-34-35(40)19-12-20-36(34)41)37(25-29-13-6-3-7-14-29)39(46)42-31-15-8-4-9-16-31/h3,5-7,10-14,17-24,28,31,37H,4,8-9,15-16,25-27H2,1-2H3,(H,42,46). The van der Waals surface area contributed by atoms with Gasteiger partial charge < -0.3 is 10.2 Å². The Kier molecular flexibility index (Phi) is 12.4. The summed E-state index contributed by atoms with van der Waals surface area (Å²) in [6.07, 6.45) is 5.11. The Hall–Kier alpha value is -3.85. The van der Waals surface area contributed by atoms with Crippen LogP contribution in [0.25, 0.3) is 0 Å². The lowest BCUT2D eigenvalue weighted by atomic mass is 9.94. The molecule has 0 spiro atoms. The van der Waals surface area contributed by atoms with Gasteiger partial charge in [-0.1, -0.05) is 123 Å². The van der Waals surface area contributed by atoms with Gasteiger partial charge in [-0.25, -0.2) is 8.42 Å². The summed E-state index contributed by atoms with van der Waals surface area (Å²) in [5.74, 6) is -0.638. The van der Waals surface area contributed by atoms with Gasteiger partial charge in [0.15, 0.2) is 0 Å². The van der Waals surface area contributed by atoms with Gasteiger partial charge in [0.2, 0.25) is 11.8 Å². The second kappa shape index (κ2) is 16.7. The number of sulfonamides is 1. The van der Waals surface area contributed by atoms with Gasteiger partial charge in [0, 0.05) is 34.6 Å². The van der Waals surface area contributed by atoms with E-state index in [1.807, 2.05) is 42.5 Å². The van der Waals surface area contributed by atoms with Crippen molar-refractivity contribution >= 4 is 50.7 Å². The molecule has 1 fully saturated rings. The molecule has 4 aromatic rings. The summed E-state index contributed by atoms with van der Waals surface area (Å²) in [5.41, 5.74) is 2.70. The SMILES string of the molecule is CC(C)c1ccc(N(CC(=O)N(Cc2c(Cl)cccc2Cl)C(Cc2ccccc2)C(=O)NC2CCCCC2)S(=O)(=O)c2ccccc2)cc1. The fourth-order valence-corrected chi connectivity index (χ4v) is 8.18. The van der Waals surface area contributed by atoms with Gasteiger partial charge in [0.05, 0.1) is 10.6 Å². The molecule has 0 aromatic heterocycles. The number of hydrogen-bond donors (Lipinski definition) is 1. The number of halogens is 2. The second-order valence-electron chi connectivity index (χ2n) is 12.8. The van der Waals surface area contributed by atoms with Crippen LogP contribution in [0.5, 0.6) is 0 Å². The summed E-state index contributed by atoms with van der Waals surface area (Å²) in [5, 5.41) is 3.90. The Labute approximate surface area is 300 Å². The quantitative estimate of drug-likeness (QED) is 0.150. The van der Waals surface area contributed by atoms with Gasteiger partial charge in [0.1, 0.15) is 12.6 Å². The van der Waals surface area contributed by atoms with E-state index in [9.17, 15) is 18.0 Å². The first kappa shape index (κ1) is 36.4. The Morgan fingerprint density at radius 3 is 1.98 bits per heavy atom. The first-order valence-corrected chi connectivity index (χ1v) is 19.0. The molecule has 49 heavy (non-hydrogen) atoms. The normalized spacial score (nSPS) is 14.3. The highest BCUT2D eigenvalue weighted by molar-refractivity contribution is 7.92. The van der Waals surface area contributed by atoms with E-state index in [0.29, 0.717) is 21.3 Å². The Balaban J connectivity index is 1.59. The molecule has 1 N–H and O–H groups in total. The minimum atomic E-state index is -4.20. The van der Waals surface area contributed by atoms with E-state index in [4.69, 9.17) is 23.2 Å². The molecule has 2 amide bonds. The highest BCUT2D eigenvalue weighted by Crippen LogP contribution is 2.30. The summed E-state index contributed by atoms with van der Waals surface area (Å²) >= 11 is 13.3. The number of carbonyl (C=O) groups is 2. The molecule has 0 aliphatic heterocycles. The Bertz CT molecular complexity index is 1790. The fraction of sp³-hybridized carbons (Fsp3) is 0.333. The van der Waals surface area contributed by atoms with Gasteiger partial charge in [0.25, 0.3) is 10.0 Å². The van der Waals surface area contributed by atoms with Crippen LogP contribution >= 0.6 is 23.2 Å². The molecule has 1 saturated carbocycles. The topological polar surface area (TPSA) is 86.8 Å². The van der Waals surface area contributed by atoms with E-state index in [1.54, 1.807) is 48.5 Å². The molecule has 5 rings (SSSR count). The minimum Gasteiger partial charge on any atom is -0.352 e. The van der Waals surface area contributed by atoms with E-state index < -0.39 is 28.5 Å². The summed E-state index contributed by atoms with van der Waals surface area (Å²) in [6, 6.07) is 28.8. The third-order valence-corrected chi connectivity index (χ3v) is 11.6. The van der Waals surface area contributed by atoms with E-state index in [0.717, 1.165) is 47.5 Å². The molecule has 258 valence electrons. The van der Waals surface area contributed by atoms with Crippen LogP contribution in [0.15, 0.2) is 108 Å². The van der Waals surface area contributed by atoms with Gasteiger partial charge in [-0.2, -0.15) is 0 Å². The maximum Gasteiger partial charge on any atom is 0.264 e. The molecule has 1 unspecified atom stereocenters. The predicted octanol–water partition coefficient (Wildman–Crippen LogP) is 8.40. The molecule has 0 heterocycles. The molecule has 1 aliphatic rings. The van der Waals surface area contributed by atoms with Crippen molar-refractivity contribution in [1.82, 2.24) is 10.2 Å². The molecule has 4 aromatic carbocycles. The summed E-state index contributed by atoms with van der Waals surface area (Å²) in [6.45, 7) is 3.46. The predicted molar refractivity (Wildman–Crippen MR) is 197 cm³/mol. The van der Waals surface area contributed by atoms with Crippen molar-refractivity contribution < 1.29 is 18.0 Å². The van der Waals surface area contributed by atoms with Gasteiger partial charge >= 0.3 is 0 Å². The van der Waals surface area contributed by atoms with Crippen molar-refractivity contribution in [3.8, 4) is 0 Å². The third kappa shape index (κ3) is 9.24. The van der Waals surface area contributed by atoms with Crippen molar-refractivity contribution in [2.24, 2.45) is 0 Å². The highest BCUT2D eigenvalue weighted by Gasteiger charge is 2.36. The lowest BCUT2D eigenvalue weighted by Crippen LogP contribution is -2.55. The van der Waals surface area contributed by atoms with Crippen LogP contribution in [-0.4, -0.2) is 43.8 Å². The lowest BCUT2D eigenvalue weighted by Gasteiger charge is -2.35. The molecule has 7 nitrogen and oxygen atoms in total. The zero-order valence-electron chi connectivity index (χ0n) is 27.9. The summed E-state index contributed by atoms with van der Waals surface area (Å²) < 4.78 is 29.7. The van der Waals surface area contributed by atoms with E-state index in [1.165, 1.54) is 17.0 Å². The van der Waals surface area contributed by atoms with Crippen LogP contribution in [0.1, 0.15) is 68.6 Å². The van der Waals surface area contributed by atoms with Crippen molar-refractivity contribution in [3.63, 3.8) is 0 Å². The van der Waals surface area contributed by atoms with E-state index in [2.05, 4.69) is 19.2 Å². The molecular formula is C39H43Cl2N3O4S. The first-order chi connectivity index (χ1) is 23.5. The van der Waals surface area contributed by atoms with Crippen LogP contribution in [0.2, 0.25) is 10.0 Å². The van der Waals surface area contributed by atoms with Gasteiger partial charge in [-0.05, 0) is 66.3 Å². The molecule has 1 aliphatic carbocycles. The van der Waals surface area contributed by atoms with Gasteiger partial charge in [-0.3, -0.25) is 13.9 Å². The van der Waals surface area contributed by atoms with Crippen LogP contribution in [0.4, 0.5) is 5.69 Å². The number of nitrogens with zero attached hydrogens (tertiary/aromatic N) is 2. The summed E-state index contributed by atoms with van der Waals surface area (Å²) in [7, 11) is -4.20. The number of rotatable bonds is 13. The molecule has 1 atom stereocenters. The number of anilines is 1. The molecule has 0 radical (unpaired) electrons.